The summed E-state index contributed by atoms with van der Waals surface area (Å²) >= 11 is 0. The van der Waals surface area contributed by atoms with Crippen molar-refractivity contribution in [2.45, 2.75) is 19.1 Å². The fraction of sp³-hybridized carbons (Fsp3) is 0.235. The number of halogens is 3. The molecule has 0 radical (unpaired) electrons. The molecule has 1 heterocycles. The van der Waals surface area contributed by atoms with Crippen LogP contribution in [0.5, 0.6) is 0 Å². The Labute approximate surface area is 126 Å². The van der Waals surface area contributed by atoms with E-state index in [-0.39, 0.29) is 11.5 Å². The van der Waals surface area contributed by atoms with Gasteiger partial charge < -0.3 is 4.90 Å². The van der Waals surface area contributed by atoms with Gasteiger partial charge in [-0.3, -0.25) is 4.79 Å². The van der Waals surface area contributed by atoms with Crippen molar-refractivity contribution in [1.82, 2.24) is 4.90 Å². The lowest BCUT2D eigenvalue weighted by molar-refractivity contribution is -0.137. The van der Waals surface area contributed by atoms with Gasteiger partial charge in [-0.25, -0.2) is 0 Å². The highest BCUT2D eigenvalue weighted by Crippen LogP contribution is 2.29. The van der Waals surface area contributed by atoms with E-state index >= 15 is 0 Å². The standard InChI is InChI=1S/C17H14F3NO/c18-17(19,20)15-7-5-13(6-8-15)16(22)21-10-9-12-3-1-2-4-14(12)11-21/h1-8H,9-11H2. The fourth-order valence-corrected chi connectivity index (χ4v) is 2.65. The number of fused-ring (bicyclic) bond motifs is 1. The molecule has 114 valence electrons. The number of rotatable bonds is 1. The van der Waals surface area contributed by atoms with Gasteiger partial charge in [-0.15, -0.1) is 0 Å². The third kappa shape index (κ3) is 2.84. The van der Waals surface area contributed by atoms with E-state index in [1.165, 1.54) is 17.7 Å². The Morgan fingerprint density at radius 2 is 1.59 bits per heavy atom. The monoisotopic (exact) mass is 305 g/mol. The van der Waals surface area contributed by atoms with E-state index in [1.807, 2.05) is 24.3 Å². The summed E-state index contributed by atoms with van der Waals surface area (Å²) in [6.07, 6.45) is -3.62. The minimum atomic E-state index is -4.38. The summed E-state index contributed by atoms with van der Waals surface area (Å²) in [5, 5.41) is 0. The maximum Gasteiger partial charge on any atom is 0.416 e. The number of carbonyl (C=O) groups is 1. The van der Waals surface area contributed by atoms with Crippen LogP contribution in [-0.2, 0) is 19.1 Å². The summed E-state index contributed by atoms with van der Waals surface area (Å²) in [4.78, 5) is 14.1. The van der Waals surface area contributed by atoms with Crippen molar-refractivity contribution in [2.75, 3.05) is 6.54 Å². The van der Waals surface area contributed by atoms with Crippen LogP contribution in [0, 0.1) is 0 Å². The molecule has 0 spiro atoms. The molecule has 0 atom stereocenters. The number of benzene rings is 2. The molecule has 1 aliphatic rings. The molecule has 0 fully saturated rings. The van der Waals surface area contributed by atoms with Gasteiger partial charge in [0.1, 0.15) is 0 Å². The smallest absolute Gasteiger partial charge is 0.334 e. The molecule has 3 rings (SSSR count). The Morgan fingerprint density at radius 1 is 0.955 bits per heavy atom. The highest BCUT2D eigenvalue weighted by molar-refractivity contribution is 5.94. The first-order valence-corrected chi connectivity index (χ1v) is 6.98. The Balaban J connectivity index is 1.78. The van der Waals surface area contributed by atoms with Gasteiger partial charge >= 0.3 is 6.18 Å². The summed E-state index contributed by atoms with van der Waals surface area (Å²) in [6.45, 7) is 1.08. The molecule has 0 unspecified atom stereocenters. The third-order valence-electron chi connectivity index (χ3n) is 3.88. The highest BCUT2D eigenvalue weighted by Gasteiger charge is 2.30. The van der Waals surface area contributed by atoms with Crippen molar-refractivity contribution in [2.24, 2.45) is 0 Å². The fourth-order valence-electron chi connectivity index (χ4n) is 2.65. The molecule has 2 nitrogen and oxygen atoms in total. The second-order valence-electron chi connectivity index (χ2n) is 5.32. The van der Waals surface area contributed by atoms with Crippen LogP contribution in [-0.4, -0.2) is 17.4 Å². The molecule has 0 aromatic heterocycles. The lowest BCUT2D eigenvalue weighted by Gasteiger charge is -2.29. The van der Waals surface area contributed by atoms with E-state index in [0.29, 0.717) is 13.1 Å². The van der Waals surface area contributed by atoms with Crippen molar-refractivity contribution in [3.05, 3.63) is 70.8 Å². The van der Waals surface area contributed by atoms with Crippen LogP contribution in [0.4, 0.5) is 13.2 Å². The van der Waals surface area contributed by atoms with Gasteiger partial charge in [0.25, 0.3) is 5.91 Å². The van der Waals surface area contributed by atoms with Gasteiger partial charge in [-0.1, -0.05) is 24.3 Å². The predicted molar refractivity (Wildman–Crippen MR) is 76.3 cm³/mol. The molecule has 0 aliphatic carbocycles. The number of hydrogen-bond donors (Lipinski definition) is 0. The number of carbonyl (C=O) groups excluding carboxylic acids is 1. The second-order valence-corrected chi connectivity index (χ2v) is 5.32. The zero-order chi connectivity index (χ0) is 15.7. The number of alkyl halides is 3. The molecule has 1 amide bonds. The normalized spacial score (nSPS) is 14.6. The van der Waals surface area contributed by atoms with Gasteiger partial charge in [0.2, 0.25) is 0 Å². The lowest BCUT2D eigenvalue weighted by atomic mass is 9.99. The van der Waals surface area contributed by atoms with Crippen molar-refractivity contribution in [1.29, 1.82) is 0 Å². The quantitative estimate of drug-likeness (QED) is 0.782. The summed E-state index contributed by atoms with van der Waals surface area (Å²) in [5.74, 6) is -0.233. The van der Waals surface area contributed by atoms with Crippen molar-refractivity contribution < 1.29 is 18.0 Å². The van der Waals surface area contributed by atoms with Gasteiger partial charge in [0, 0.05) is 18.7 Å². The predicted octanol–water partition coefficient (Wildman–Crippen LogP) is 3.90. The Kier molecular flexibility index (Phi) is 3.64. The molecule has 2 aromatic carbocycles. The van der Waals surface area contributed by atoms with Crippen LogP contribution in [0.25, 0.3) is 0 Å². The van der Waals surface area contributed by atoms with Crippen LogP contribution in [0.2, 0.25) is 0 Å². The minimum Gasteiger partial charge on any atom is -0.334 e. The topological polar surface area (TPSA) is 20.3 Å². The number of nitrogens with zero attached hydrogens (tertiary/aromatic N) is 1. The van der Waals surface area contributed by atoms with Crippen LogP contribution >= 0.6 is 0 Å². The SMILES string of the molecule is O=C(c1ccc(C(F)(F)F)cc1)N1CCc2ccccc2C1. The average Bonchev–Trinajstić information content (AvgIpc) is 2.53. The molecule has 0 N–H and O–H groups in total. The summed E-state index contributed by atoms with van der Waals surface area (Å²) < 4.78 is 37.6. The van der Waals surface area contributed by atoms with Crippen molar-refractivity contribution in [3.63, 3.8) is 0 Å². The first-order chi connectivity index (χ1) is 10.4. The Morgan fingerprint density at radius 3 is 2.23 bits per heavy atom. The second kappa shape index (κ2) is 5.48. The van der Waals surface area contributed by atoms with Gasteiger partial charge in [0.15, 0.2) is 0 Å². The Hall–Kier alpha value is -2.30. The van der Waals surface area contributed by atoms with Crippen molar-refractivity contribution >= 4 is 5.91 Å². The Bertz CT molecular complexity index is 692. The first kappa shape index (κ1) is 14.6. The van der Waals surface area contributed by atoms with Gasteiger partial charge in [0.05, 0.1) is 5.56 Å². The highest BCUT2D eigenvalue weighted by atomic mass is 19.4. The molecular formula is C17H14F3NO. The molecule has 22 heavy (non-hydrogen) atoms. The van der Waals surface area contributed by atoms with E-state index in [9.17, 15) is 18.0 Å². The molecule has 1 aliphatic heterocycles. The van der Waals surface area contributed by atoms with E-state index in [0.717, 1.165) is 24.1 Å². The zero-order valence-electron chi connectivity index (χ0n) is 11.7. The van der Waals surface area contributed by atoms with Crippen LogP contribution in [0.1, 0.15) is 27.0 Å². The number of hydrogen-bond acceptors (Lipinski definition) is 1. The molecule has 0 bridgehead atoms. The van der Waals surface area contributed by atoms with E-state index in [2.05, 4.69) is 0 Å². The van der Waals surface area contributed by atoms with Crippen molar-refractivity contribution in [3.8, 4) is 0 Å². The minimum absolute atomic E-state index is 0.233. The van der Waals surface area contributed by atoms with Gasteiger partial charge in [-0.05, 0) is 41.8 Å². The van der Waals surface area contributed by atoms with E-state index in [1.54, 1.807) is 4.90 Å². The molecular weight excluding hydrogens is 291 g/mol. The third-order valence-corrected chi connectivity index (χ3v) is 3.88. The summed E-state index contributed by atoms with van der Waals surface area (Å²) in [7, 11) is 0. The van der Waals surface area contributed by atoms with Gasteiger partial charge in [-0.2, -0.15) is 13.2 Å². The first-order valence-electron chi connectivity index (χ1n) is 6.98. The molecule has 5 heteroatoms. The zero-order valence-corrected chi connectivity index (χ0v) is 11.7. The maximum atomic E-state index is 12.5. The molecule has 0 saturated heterocycles. The maximum absolute atomic E-state index is 12.5. The van der Waals surface area contributed by atoms with E-state index in [4.69, 9.17) is 0 Å². The van der Waals surface area contributed by atoms with Crippen LogP contribution in [0.15, 0.2) is 48.5 Å². The van der Waals surface area contributed by atoms with Crippen LogP contribution < -0.4 is 0 Å². The largest absolute Gasteiger partial charge is 0.416 e. The molecule has 2 aromatic rings. The summed E-state index contributed by atoms with van der Waals surface area (Å²) in [5.41, 5.74) is 1.86. The van der Waals surface area contributed by atoms with E-state index < -0.39 is 11.7 Å². The number of amides is 1. The molecule has 0 saturated carbocycles. The van der Waals surface area contributed by atoms with Crippen LogP contribution in [0.3, 0.4) is 0 Å². The lowest BCUT2D eigenvalue weighted by Crippen LogP contribution is -2.35. The summed E-state index contributed by atoms with van der Waals surface area (Å²) in [6, 6.07) is 12.3. The average molecular weight is 305 g/mol.